The Bertz CT molecular complexity index is 1080. The van der Waals surface area contributed by atoms with Gasteiger partial charge in [0.25, 0.3) is 0 Å². The third-order valence-electron chi connectivity index (χ3n) is 5.88. The van der Waals surface area contributed by atoms with Crippen LogP contribution < -0.4 is 10.0 Å². The van der Waals surface area contributed by atoms with Crippen LogP contribution >= 0.6 is 0 Å². The van der Waals surface area contributed by atoms with E-state index in [2.05, 4.69) is 57.4 Å². The van der Waals surface area contributed by atoms with Crippen LogP contribution in [-0.2, 0) is 21.2 Å². The second kappa shape index (κ2) is 6.67. The first-order valence-corrected chi connectivity index (χ1v) is 11.1. The van der Waals surface area contributed by atoms with Crippen LogP contribution in [0.15, 0.2) is 71.6 Å². The number of hydrogen-bond acceptors (Lipinski definition) is 4. The van der Waals surface area contributed by atoms with Crippen molar-refractivity contribution < 1.29 is 8.76 Å². The Hall–Kier alpha value is -2.25. The topological polar surface area (TPSA) is 67.4 Å². The van der Waals surface area contributed by atoms with Gasteiger partial charge in [-0.3, -0.25) is 4.90 Å². The highest BCUT2D eigenvalue weighted by atomic mass is 32.3. The summed E-state index contributed by atoms with van der Waals surface area (Å²) < 4.78 is 28.0. The molecule has 0 radical (unpaired) electrons. The first-order chi connectivity index (χ1) is 13.5. The molecule has 28 heavy (non-hydrogen) atoms. The van der Waals surface area contributed by atoms with Crippen molar-refractivity contribution in [2.24, 2.45) is 0 Å². The number of nitrogens with one attached hydrogen (secondary N) is 2. The zero-order chi connectivity index (χ0) is 19.2. The molecular weight excluding hydrogens is 370 g/mol. The third-order valence-corrected chi connectivity index (χ3v) is 7.34. The van der Waals surface area contributed by atoms with Crippen molar-refractivity contribution >= 4 is 26.9 Å². The molecule has 5 rings (SSSR count). The van der Waals surface area contributed by atoms with Gasteiger partial charge >= 0.3 is 0 Å². The Labute approximate surface area is 166 Å². The maximum absolute atomic E-state index is 12.6. The highest BCUT2D eigenvalue weighted by Gasteiger charge is 2.43. The Morgan fingerprint density at radius 3 is 2.75 bits per heavy atom. The number of sulfonamides is 1. The standard InChI is InChI=1S/C22H23N3O2S/c26-28(27)21-11-4-3-10-20(21)24-22(15-23-28)12-13-25(16-22)14-18-8-5-7-17-6-1-2-9-19(17)18/h1-11,24H,12-16H2,(H-,23,26,27). The Balaban J connectivity index is 1.40. The highest BCUT2D eigenvalue weighted by molar-refractivity contribution is 7.96. The molecule has 0 amide bonds. The van der Waals surface area contributed by atoms with E-state index in [1.807, 2.05) is 12.1 Å². The highest BCUT2D eigenvalue weighted by Crippen LogP contribution is 2.35. The summed E-state index contributed by atoms with van der Waals surface area (Å²) in [6.07, 6.45) is 0.897. The Morgan fingerprint density at radius 2 is 1.82 bits per heavy atom. The van der Waals surface area contributed by atoms with E-state index in [1.54, 1.807) is 12.1 Å². The molecule has 2 aliphatic rings. The summed E-state index contributed by atoms with van der Waals surface area (Å²) >= 11 is 0. The van der Waals surface area contributed by atoms with Gasteiger partial charge < -0.3 is 9.87 Å². The predicted molar refractivity (Wildman–Crippen MR) is 112 cm³/mol. The minimum absolute atomic E-state index is 0.287. The Morgan fingerprint density at radius 1 is 1.04 bits per heavy atom. The van der Waals surface area contributed by atoms with Crippen molar-refractivity contribution in [3.05, 3.63) is 72.3 Å². The number of para-hydroxylation sites is 1. The van der Waals surface area contributed by atoms with E-state index in [9.17, 15) is 8.76 Å². The van der Waals surface area contributed by atoms with Crippen LogP contribution in [0.25, 0.3) is 10.8 Å². The van der Waals surface area contributed by atoms with Crippen molar-refractivity contribution in [1.29, 1.82) is 0 Å². The fourth-order valence-electron chi connectivity index (χ4n) is 4.46. The third kappa shape index (κ3) is 3.12. The summed E-state index contributed by atoms with van der Waals surface area (Å²) in [6.45, 7) is 2.99. The molecule has 2 unspecified atom stereocenters. The first kappa shape index (κ1) is 17.8. The summed E-state index contributed by atoms with van der Waals surface area (Å²) in [6, 6.07) is 22.1. The molecule has 2 aliphatic heterocycles. The minimum atomic E-state index is -3.48. The zero-order valence-corrected chi connectivity index (χ0v) is 16.4. The average molecular weight is 394 g/mol. The van der Waals surface area contributed by atoms with Gasteiger partial charge in [-0.05, 0) is 34.9 Å². The summed E-state index contributed by atoms with van der Waals surface area (Å²) in [5.74, 6) is 0. The van der Waals surface area contributed by atoms with Crippen LogP contribution in [0.5, 0.6) is 0 Å². The summed E-state index contributed by atoms with van der Waals surface area (Å²) in [5.41, 5.74) is 1.72. The van der Waals surface area contributed by atoms with Gasteiger partial charge in [-0.15, -0.1) is 4.72 Å². The molecular formula is C22H23N3O2S. The lowest BCUT2D eigenvalue weighted by atomic mass is 9.98. The molecule has 1 saturated heterocycles. The summed E-state index contributed by atoms with van der Waals surface area (Å²) in [7, 11) is -3.48. The lowest BCUT2D eigenvalue weighted by Crippen LogP contribution is -2.49. The number of anilines is 1. The fourth-order valence-corrected chi connectivity index (χ4v) is 5.74. The molecule has 144 valence electrons. The molecule has 0 aliphatic carbocycles. The number of fused-ring (bicyclic) bond motifs is 2. The van der Waals surface area contributed by atoms with E-state index in [4.69, 9.17) is 0 Å². The molecule has 0 saturated carbocycles. The van der Waals surface area contributed by atoms with E-state index >= 15 is 0 Å². The van der Waals surface area contributed by atoms with E-state index in [1.165, 1.54) is 16.3 Å². The average Bonchev–Trinajstić information content (AvgIpc) is 3.05. The molecule has 3 aromatic rings. The van der Waals surface area contributed by atoms with E-state index < -0.39 is 10.4 Å². The number of nitrogens with zero attached hydrogens (tertiary/aromatic N) is 1. The van der Waals surface area contributed by atoms with Gasteiger partial charge in [0.05, 0.1) is 17.8 Å². The first-order valence-electron chi connectivity index (χ1n) is 9.61. The van der Waals surface area contributed by atoms with Gasteiger partial charge in [0.1, 0.15) is 0 Å². The van der Waals surface area contributed by atoms with Gasteiger partial charge in [0.15, 0.2) is 15.3 Å². The van der Waals surface area contributed by atoms with Crippen LogP contribution in [0.4, 0.5) is 5.69 Å². The second-order valence-electron chi connectivity index (χ2n) is 7.82. The molecule has 2 N–H and O–H groups in total. The smallest absolute Gasteiger partial charge is 0.198 e. The van der Waals surface area contributed by atoms with E-state index in [0.717, 1.165) is 26.1 Å². The molecule has 2 heterocycles. The molecule has 5 nitrogen and oxygen atoms in total. The molecule has 2 atom stereocenters. The van der Waals surface area contributed by atoms with Crippen LogP contribution in [0.2, 0.25) is 0 Å². The molecule has 0 aromatic heterocycles. The monoisotopic (exact) mass is 393 g/mol. The molecule has 3 aromatic carbocycles. The zero-order valence-electron chi connectivity index (χ0n) is 15.6. The van der Waals surface area contributed by atoms with Gasteiger partial charge in [-0.1, -0.05) is 58.8 Å². The van der Waals surface area contributed by atoms with Gasteiger partial charge in [-0.2, -0.15) is 0 Å². The van der Waals surface area contributed by atoms with Crippen molar-refractivity contribution in [1.82, 2.24) is 9.62 Å². The number of benzene rings is 3. The molecule has 6 heteroatoms. The quantitative estimate of drug-likeness (QED) is 0.655. The van der Waals surface area contributed by atoms with Crippen LogP contribution in [-0.4, -0.2) is 34.6 Å². The van der Waals surface area contributed by atoms with Crippen molar-refractivity contribution in [2.45, 2.75) is 23.4 Å². The second-order valence-corrected chi connectivity index (χ2v) is 9.56. The van der Waals surface area contributed by atoms with E-state index in [-0.39, 0.29) is 5.54 Å². The van der Waals surface area contributed by atoms with Crippen molar-refractivity contribution in [3.63, 3.8) is 0 Å². The van der Waals surface area contributed by atoms with Crippen LogP contribution in [0.1, 0.15) is 12.0 Å². The van der Waals surface area contributed by atoms with Crippen molar-refractivity contribution in [2.75, 3.05) is 25.0 Å². The Kier molecular flexibility index (Phi) is 4.25. The van der Waals surface area contributed by atoms with Gasteiger partial charge in [0, 0.05) is 19.6 Å². The number of rotatable bonds is 2. The number of hydrogen-bond donors (Lipinski definition) is 2. The summed E-state index contributed by atoms with van der Waals surface area (Å²) in [4.78, 5) is 2.75. The molecule has 1 fully saturated rings. The largest absolute Gasteiger partial charge is 0.593 e. The van der Waals surface area contributed by atoms with Crippen LogP contribution in [0.3, 0.4) is 0 Å². The molecule has 1 spiro atoms. The van der Waals surface area contributed by atoms with Crippen molar-refractivity contribution in [3.8, 4) is 0 Å². The molecule has 0 bridgehead atoms. The predicted octanol–water partition coefficient (Wildman–Crippen LogP) is 3.40. The maximum Gasteiger partial charge on any atom is 0.198 e. The fraction of sp³-hybridized carbons (Fsp3) is 0.273. The van der Waals surface area contributed by atoms with Gasteiger partial charge in [0.2, 0.25) is 0 Å². The number of likely N-dealkylation sites (tertiary alicyclic amines) is 1. The normalized spacial score (nSPS) is 27.5. The van der Waals surface area contributed by atoms with Crippen LogP contribution in [0, 0.1) is 0 Å². The van der Waals surface area contributed by atoms with E-state index in [0.29, 0.717) is 17.1 Å². The maximum atomic E-state index is 12.6. The lowest BCUT2D eigenvalue weighted by molar-refractivity contribution is 0.311. The van der Waals surface area contributed by atoms with Gasteiger partial charge in [-0.25, -0.2) is 0 Å². The lowest BCUT2D eigenvalue weighted by Gasteiger charge is -2.29. The summed E-state index contributed by atoms with van der Waals surface area (Å²) in [5, 5.41) is 6.10. The minimum Gasteiger partial charge on any atom is -0.593 e. The SMILES string of the molecule is O=[S+]1([O-])NCC2(CCN(Cc3cccc4ccccc34)C2)Nc2ccccc21.